The standard InChI is InChI=1S/C25H31NO2/c1-24-10-8-18(27)13-17(24)4-5-20-22-7-6-21(25(22,2)11-9-23(20)24)16-12-19(28-3)15-26-14-16/h4,6-7,12,14-15,18,20,23,27H,5,8-11,13H2,1-3H3/t18-,20-,23-,24-,25+/m0/s1. The number of allylic oxidation sites excluding steroid dienone is 5. The number of hydrogen-bond donors (Lipinski definition) is 1. The molecule has 0 spiro atoms. The normalized spacial score (nSPS) is 39.1. The topological polar surface area (TPSA) is 42.4 Å². The predicted octanol–water partition coefficient (Wildman–Crippen LogP) is 5.33. The summed E-state index contributed by atoms with van der Waals surface area (Å²) in [7, 11) is 1.70. The van der Waals surface area contributed by atoms with Crippen LogP contribution in [0.1, 0.15) is 57.9 Å². The van der Waals surface area contributed by atoms with Gasteiger partial charge in [-0.1, -0.05) is 43.2 Å². The first-order valence-electron chi connectivity index (χ1n) is 10.8. The first-order chi connectivity index (χ1) is 13.5. The average Bonchev–Trinajstić information content (AvgIpc) is 3.06. The van der Waals surface area contributed by atoms with E-state index in [9.17, 15) is 5.11 Å². The van der Waals surface area contributed by atoms with Crippen molar-refractivity contribution in [1.82, 2.24) is 4.98 Å². The summed E-state index contributed by atoms with van der Waals surface area (Å²) in [6, 6.07) is 2.12. The smallest absolute Gasteiger partial charge is 0.137 e. The van der Waals surface area contributed by atoms with Crippen molar-refractivity contribution in [2.45, 2.75) is 58.5 Å². The second-order valence-electron chi connectivity index (χ2n) is 9.68. The summed E-state index contributed by atoms with van der Waals surface area (Å²) in [5.41, 5.74) is 6.09. The van der Waals surface area contributed by atoms with Crippen LogP contribution in [0, 0.1) is 22.7 Å². The van der Waals surface area contributed by atoms with Gasteiger partial charge in [0.05, 0.1) is 19.4 Å². The van der Waals surface area contributed by atoms with Crippen LogP contribution in [0.15, 0.2) is 47.8 Å². The summed E-state index contributed by atoms with van der Waals surface area (Å²) in [6.07, 6.45) is 17.4. The van der Waals surface area contributed by atoms with E-state index >= 15 is 0 Å². The fraction of sp³-hybridized carbons (Fsp3) is 0.560. The van der Waals surface area contributed by atoms with E-state index in [1.807, 2.05) is 6.20 Å². The molecule has 2 fully saturated rings. The zero-order valence-electron chi connectivity index (χ0n) is 17.2. The van der Waals surface area contributed by atoms with Gasteiger partial charge in [0.1, 0.15) is 5.75 Å². The predicted molar refractivity (Wildman–Crippen MR) is 112 cm³/mol. The fourth-order valence-electron chi connectivity index (χ4n) is 6.74. The maximum atomic E-state index is 10.2. The summed E-state index contributed by atoms with van der Waals surface area (Å²) in [6.45, 7) is 4.90. The van der Waals surface area contributed by atoms with E-state index in [4.69, 9.17) is 4.74 Å². The fourth-order valence-corrected chi connectivity index (χ4v) is 6.74. The van der Waals surface area contributed by atoms with E-state index in [1.54, 1.807) is 18.9 Å². The lowest BCUT2D eigenvalue weighted by Crippen LogP contribution is -2.47. The number of ether oxygens (including phenoxy) is 1. The van der Waals surface area contributed by atoms with Gasteiger partial charge in [-0.05, 0) is 67.4 Å². The van der Waals surface area contributed by atoms with Crippen molar-refractivity contribution in [3.63, 3.8) is 0 Å². The molecule has 4 aliphatic carbocycles. The van der Waals surface area contributed by atoms with E-state index in [2.05, 4.69) is 43.1 Å². The number of aliphatic hydroxyl groups is 1. The third-order valence-corrected chi connectivity index (χ3v) is 8.38. The molecule has 5 rings (SSSR count). The Morgan fingerprint density at radius 3 is 2.82 bits per heavy atom. The van der Waals surface area contributed by atoms with E-state index in [-0.39, 0.29) is 16.9 Å². The highest BCUT2D eigenvalue weighted by atomic mass is 16.5. The number of aliphatic hydroxyl groups excluding tert-OH is 1. The van der Waals surface area contributed by atoms with Gasteiger partial charge in [-0.15, -0.1) is 0 Å². The molecule has 0 aliphatic heterocycles. The third kappa shape index (κ3) is 2.48. The van der Waals surface area contributed by atoms with Gasteiger partial charge in [0.15, 0.2) is 0 Å². The molecule has 4 aliphatic rings. The molecule has 0 unspecified atom stereocenters. The number of methoxy groups -OCH3 is 1. The Balaban J connectivity index is 1.48. The maximum Gasteiger partial charge on any atom is 0.137 e. The molecule has 2 saturated carbocycles. The van der Waals surface area contributed by atoms with Gasteiger partial charge >= 0.3 is 0 Å². The highest BCUT2D eigenvalue weighted by Gasteiger charge is 2.54. The summed E-state index contributed by atoms with van der Waals surface area (Å²) < 4.78 is 5.42. The lowest BCUT2D eigenvalue weighted by molar-refractivity contribution is 0.0369. The van der Waals surface area contributed by atoms with Crippen LogP contribution in [0.25, 0.3) is 5.57 Å². The largest absolute Gasteiger partial charge is 0.495 e. The zero-order valence-corrected chi connectivity index (χ0v) is 17.2. The van der Waals surface area contributed by atoms with Gasteiger partial charge in [0.25, 0.3) is 0 Å². The molecule has 28 heavy (non-hydrogen) atoms. The Morgan fingerprint density at radius 1 is 1.14 bits per heavy atom. The van der Waals surface area contributed by atoms with Crippen molar-refractivity contribution in [3.8, 4) is 5.75 Å². The van der Waals surface area contributed by atoms with Crippen molar-refractivity contribution in [2.24, 2.45) is 22.7 Å². The van der Waals surface area contributed by atoms with E-state index in [1.165, 1.54) is 29.6 Å². The highest BCUT2D eigenvalue weighted by molar-refractivity contribution is 5.78. The highest BCUT2D eigenvalue weighted by Crippen LogP contribution is 2.64. The van der Waals surface area contributed by atoms with Crippen LogP contribution in [-0.4, -0.2) is 23.3 Å². The molecule has 1 N–H and O–H groups in total. The van der Waals surface area contributed by atoms with Crippen LogP contribution < -0.4 is 4.74 Å². The van der Waals surface area contributed by atoms with Crippen LogP contribution in [0.3, 0.4) is 0 Å². The molecule has 1 heterocycles. The molecule has 0 radical (unpaired) electrons. The van der Waals surface area contributed by atoms with Gasteiger partial charge in [-0.3, -0.25) is 4.98 Å². The molecule has 0 bridgehead atoms. The summed E-state index contributed by atoms with van der Waals surface area (Å²) >= 11 is 0. The maximum absolute atomic E-state index is 10.2. The van der Waals surface area contributed by atoms with Crippen LogP contribution >= 0.6 is 0 Å². The molecule has 5 atom stereocenters. The third-order valence-electron chi connectivity index (χ3n) is 8.38. The lowest BCUT2D eigenvalue weighted by Gasteiger charge is -2.56. The molecule has 148 valence electrons. The molecular formula is C25H31NO2. The molecule has 3 heteroatoms. The molecule has 3 nitrogen and oxygen atoms in total. The Kier molecular flexibility index (Phi) is 4.10. The summed E-state index contributed by atoms with van der Waals surface area (Å²) in [5, 5.41) is 10.2. The van der Waals surface area contributed by atoms with Crippen molar-refractivity contribution in [1.29, 1.82) is 0 Å². The van der Waals surface area contributed by atoms with Gasteiger partial charge < -0.3 is 9.84 Å². The van der Waals surface area contributed by atoms with Gasteiger partial charge in [0, 0.05) is 17.2 Å². The summed E-state index contributed by atoms with van der Waals surface area (Å²) in [5.74, 6) is 2.15. The summed E-state index contributed by atoms with van der Waals surface area (Å²) in [4.78, 5) is 4.40. The van der Waals surface area contributed by atoms with Crippen LogP contribution in [0.5, 0.6) is 5.75 Å². The average molecular weight is 378 g/mol. The van der Waals surface area contributed by atoms with Crippen LogP contribution in [0.4, 0.5) is 0 Å². The number of fused-ring (bicyclic) bond motifs is 5. The molecule has 0 aromatic carbocycles. The Morgan fingerprint density at radius 2 is 2.00 bits per heavy atom. The molecule has 0 amide bonds. The monoisotopic (exact) mass is 377 g/mol. The number of pyridine rings is 1. The van der Waals surface area contributed by atoms with E-state index in [0.29, 0.717) is 11.8 Å². The number of aromatic nitrogens is 1. The number of nitrogens with zero attached hydrogens (tertiary/aromatic N) is 1. The van der Waals surface area contributed by atoms with Crippen molar-refractivity contribution in [3.05, 3.63) is 53.4 Å². The Bertz CT molecular complexity index is 898. The van der Waals surface area contributed by atoms with Crippen LogP contribution in [-0.2, 0) is 0 Å². The van der Waals surface area contributed by atoms with Crippen molar-refractivity contribution < 1.29 is 9.84 Å². The van der Waals surface area contributed by atoms with Gasteiger partial charge in [0.2, 0.25) is 0 Å². The number of hydrogen-bond acceptors (Lipinski definition) is 3. The minimum absolute atomic E-state index is 0.102. The second kappa shape index (κ2) is 6.32. The SMILES string of the molecule is COc1cncc(C2=CC=C3[C@@H]4CC=C5C[C@@H](O)CC[C@]5(C)[C@H]4CC[C@]23C)c1. The van der Waals surface area contributed by atoms with E-state index in [0.717, 1.165) is 31.4 Å². The lowest BCUT2D eigenvalue weighted by atomic mass is 9.49. The first kappa shape index (κ1) is 18.2. The molecular weight excluding hydrogens is 346 g/mol. The molecule has 1 aromatic heterocycles. The molecule has 0 saturated heterocycles. The first-order valence-corrected chi connectivity index (χ1v) is 10.8. The zero-order chi connectivity index (χ0) is 19.5. The van der Waals surface area contributed by atoms with Crippen LogP contribution in [0.2, 0.25) is 0 Å². The quantitative estimate of drug-likeness (QED) is 0.709. The Labute approximate surface area is 168 Å². The van der Waals surface area contributed by atoms with Gasteiger partial charge in [-0.2, -0.15) is 0 Å². The number of rotatable bonds is 2. The Hall–Kier alpha value is -1.87. The van der Waals surface area contributed by atoms with Crippen molar-refractivity contribution in [2.75, 3.05) is 7.11 Å². The minimum atomic E-state index is -0.135. The second-order valence-corrected chi connectivity index (χ2v) is 9.68. The van der Waals surface area contributed by atoms with Crippen molar-refractivity contribution >= 4 is 5.57 Å². The van der Waals surface area contributed by atoms with E-state index < -0.39 is 0 Å². The molecule has 1 aromatic rings. The minimum Gasteiger partial charge on any atom is -0.495 e. The van der Waals surface area contributed by atoms with Gasteiger partial charge in [-0.25, -0.2) is 0 Å².